The normalized spacial score (nSPS) is 25.2. The van der Waals surface area contributed by atoms with Crippen molar-refractivity contribution in [1.82, 2.24) is 9.80 Å². The van der Waals surface area contributed by atoms with Crippen molar-refractivity contribution >= 4 is 13.5 Å². The van der Waals surface area contributed by atoms with Gasteiger partial charge in [0.05, 0.1) is 6.10 Å². The van der Waals surface area contributed by atoms with Crippen LogP contribution in [0.1, 0.15) is 41.5 Å². The lowest BCUT2D eigenvalue weighted by Crippen LogP contribution is -2.45. The fourth-order valence-electron chi connectivity index (χ4n) is 2.53. The van der Waals surface area contributed by atoms with Crippen molar-refractivity contribution in [3.8, 4) is 0 Å². The Kier molecular flexibility index (Phi) is 9.61. The van der Waals surface area contributed by atoms with Gasteiger partial charge in [0, 0.05) is 31.2 Å². The molecular formula is C13H32N2OS. The quantitative estimate of drug-likeness (QED) is 0.840. The monoisotopic (exact) mass is 264 g/mol. The Bertz CT molecular complexity index is 192. The Labute approximate surface area is 115 Å². The molecule has 0 aromatic heterocycles. The van der Waals surface area contributed by atoms with Crippen LogP contribution >= 0.6 is 13.5 Å². The van der Waals surface area contributed by atoms with Gasteiger partial charge in [-0.05, 0) is 41.2 Å². The van der Waals surface area contributed by atoms with Crippen molar-refractivity contribution in [1.29, 1.82) is 0 Å². The van der Waals surface area contributed by atoms with E-state index >= 15 is 0 Å². The van der Waals surface area contributed by atoms with Crippen LogP contribution in [0.15, 0.2) is 0 Å². The summed E-state index contributed by atoms with van der Waals surface area (Å²) in [5, 5.41) is 9.60. The van der Waals surface area contributed by atoms with Crippen LogP contribution in [-0.4, -0.2) is 59.3 Å². The lowest BCUT2D eigenvalue weighted by Gasteiger charge is -2.34. The summed E-state index contributed by atoms with van der Waals surface area (Å²) in [5.41, 5.74) is 0. The van der Waals surface area contributed by atoms with Gasteiger partial charge in [-0.3, -0.25) is 9.80 Å². The van der Waals surface area contributed by atoms with E-state index in [1.807, 2.05) is 0 Å². The smallest absolute Gasteiger partial charge is 0.0682 e. The van der Waals surface area contributed by atoms with E-state index in [2.05, 4.69) is 44.5 Å². The number of nitrogens with zero attached hydrogens (tertiary/aromatic N) is 2. The molecule has 0 amide bonds. The SMILES string of the molecule is C.CC(C)N(CC1C[C@@H](O)CN1C)C(C)C.S. The summed E-state index contributed by atoms with van der Waals surface area (Å²) >= 11 is 0. The molecule has 3 nitrogen and oxygen atoms in total. The first-order valence-electron chi connectivity index (χ1n) is 6.05. The van der Waals surface area contributed by atoms with E-state index in [4.69, 9.17) is 0 Å². The lowest BCUT2D eigenvalue weighted by atomic mass is 10.1. The second-order valence-corrected chi connectivity index (χ2v) is 5.37. The second kappa shape index (κ2) is 8.35. The Balaban J connectivity index is 0. The highest BCUT2D eigenvalue weighted by molar-refractivity contribution is 7.59. The fourth-order valence-corrected chi connectivity index (χ4v) is 2.53. The molecule has 1 aliphatic heterocycles. The highest BCUT2D eigenvalue weighted by atomic mass is 32.1. The average Bonchev–Trinajstić information content (AvgIpc) is 2.39. The van der Waals surface area contributed by atoms with Crippen molar-refractivity contribution in [2.75, 3.05) is 20.1 Å². The molecule has 1 heterocycles. The van der Waals surface area contributed by atoms with Crippen LogP contribution in [0.25, 0.3) is 0 Å². The predicted molar refractivity (Wildman–Crippen MR) is 81.1 cm³/mol. The van der Waals surface area contributed by atoms with Crippen molar-refractivity contribution in [3.05, 3.63) is 0 Å². The molecule has 1 fully saturated rings. The van der Waals surface area contributed by atoms with Crippen LogP contribution in [0.4, 0.5) is 0 Å². The minimum absolute atomic E-state index is 0. The first kappa shape index (κ1) is 19.6. The van der Waals surface area contributed by atoms with Gasteiger partial charge in [-0.25, -0.2) is 0 Å². The van der Waals surface area contributed by atoms with Gasteiger partial charge in [0.1, 0.15) is 0 Å². The summed E-state index contributed by atoms with van der Waals surface area (Å²) in [6, 6.07) is 1.68. The topological polar surface area (TPSA) is 26.7 Å². The van der Waals surface area contributed by atoms with Gasteiger partial charge in [0.15, 0.2) is 0 Å². The Morgan fingerprint density at radius 1 is 1.24 bits per heavy atom. The summed E-state index contributed by atoms with van der Waals surface area (Å²) < 4.78 is 0. The fraction of sp³-hybridized carbons (Fsp3) is 1.00. The third-order valence-electron chi connectivity index (χ3n) is 3.41. The largest absolute Gasteiger partial charge is 0.392 e. The molecule has 1 N–H and O–H groups in total. The first-order valence-corrected chi connectivity index (χ1v) is 6.05. The Morgan fingerprint density at radius 3 is 2.00 bits per heavy atom. The number of likely N-dealkylation sites (tertiary alicyclic amines) is 1. The van der Waals surface area contributed by atoms with Crippen molar-refractivity contribution in [2.24, 2.45) is 0 Å². The molecule has 0 radical (unpaired) electrons. The highest BCUT2D eigenvalue weighted by Crippen LogP contribution is 2.18. The van der Waals surface area contributed by atoms with Crippen LogP contribution in [0, 0.1) is 0 Å². The molecular weight excluding hydrogens is 232 g/mol. The summed E-state index contributed by atoms with van der Waals surface area (Å²) in [6.07, 6.45) is 0.799. The number of hydrogen-bond acceptors (Lipinski definition) is 3. The molecule has 1 saturated heterocycles. The van der Waals surface area contributed by atoms with Crippen LogP contribution in [0.5, 0.6) is 0 Å². The maximum Gasteiger partial charge on any atom is 0.0682 e. The molecule has 2 atom stereocenters. The summed E-state index contributed by atoms with van der Waals surface area (Å²) in [5.74, 6) is 0. The van der Waals surface area contributed by atoms with E-state index in [0.717, 1.165) is 19.5 Å². The maximum atomic E-state index is 9.60. The van der Waals surface area contributed by atoms with Crippen LogP contribution in [-0.2, 0) is 0 Å². The first-order chi connectivity index (χ1) is 6.91. The minimum Gasteiger partial charge on any atom is -0.392 e. The van der Waals surface area contributed by atoms with Crippen molar-refractivity contribution in [3.63, 3.8) is 0 Å². The zero-order valence-corrected chi connectivity index (χ0v) is 12.3. The molecule has 0 aromatic carbocycles. The number of aliphatic hydroxyl groups is 1. The number of aliphatic hydroxyl groups excluding tert-OH is 1. The van der Waals surface area contributed by atoms with Gasteiger partial charge in [-0.2, -0.15) is 13.5 Å². The lowest BCUT2D eigenvalue weighted by molar-refractivity contribution is 0.129. The summed E-state index contributed by atoms with van der Waals surface area (Å²) in [6.45, 7) is 10.9. The van der Waals surface area contributed by atoms with Crippen LogP contribution < -0.4 is 0 Å². The second-order valence-electron chi connectivity index (χ2n) is 5.37. The van der Waals surface area contributed by atoms with Gasteiger partial charge in [0.25, 0.3) is 0 Å². The van der Waals surface area contributed by atoms with E-state index in [9.17, 15) is 5.11 Å². The summed E-state index contributed by atoms with van der Waals surface area (Å²) in [4.78, 5) is 4.78. The standard InChI is InChI=1S/C12H26N2O.CH4.H2S/c1-9(2)14(10(3)4)7-11-6-12(15)8-13(11)5;;/h9-12,15H,6-8H2,1-5H3;1H4;1H2/t11?,12-;;/m1../s1. The molecule has 4 heteroatoms. The molecule has 1 aliphatic rings. The number of rotatable bonds is 4. The molecule has 0 aliphatic carbocycles. The zero-order chi connectivity index (χ0) is 11.6. The average molecular weight is 264 g/mol. The van der Waals surface area contributed by atoms with E-state index < -0.39 is 0 Å². The Morgan fingerprint density at radius 2 is 1.71 bits per heavy atom. The number of β-amino-alcohol motifs (C(OH)–C–C–N with tert-alkyl or cyclic N) is 1. The third kappa shape index (κ3) is 5.60. The minimum atomic E-state index is -0.124. The van der Waals surface area contributed by atoms with E-state index in [0.29, 0.717) is 18.1 Å². The van der Waals surface area contributed by atoms with Gasteiger partial charge >= 0.3 is 0 Å². The van der Waals surface area contributed by atoms with Gasteiger partial charge in [-0.15, -0.1) is 0 Å². The van der Waals surface area contributed by atoms with Crippen molar-refractivity contribution < 1.29 is 5.11 Å². The van der Waals surface area contributed by atoms with Gasteiger partial charge in [-0.1, -0.05) is 7.43 Å². The predicted octanol–water partition coefficient (Wildman–Crippen LogP) is 1.92. The molecule has 17 heavy (non-hydrogen) atoms. The van der Waals surface area contributed by atoms with Gasteiger partial charge < -0.3 is 5.11 Å². The van der Waals surface area contributed by atoms with Crippen molar-refractivity contribution in [2.45, 2.75) is 65.8 Å². The number of likely N-dealkylation sites (N-methyl/N-ethyl adjacent to an activating group) is 1. The molecule has 0 saturated carbocycles. The molecule has 0 spiro atoms. The number of hydrogen-bond donors (Lipinski definition) is 1. The molecule has 106 valence electrons. The molecule has 1 rings (SSSR count). The van der Waals surface area contributed by atoms with Crippen LogP contribution in [0.3, 0.4) is 0 Å². The highest BCUT2D eigenvalue weighted by Gasteiger charge is 2.30. The van der Waals surface area contributed by atoms with E-state index in [-0.39, 0.29) is 27.0 Å². The molecule has 1 unspecified atom stereocenters. The Hall–Kier alpha value is 0.230. The van der Waals surface area contributed by atoms with Crippen LogP contribution in [0.2, 0.25) is 0 Å². The molecule has 0 bridgehead atoms. The van der Waals surface area contributed by atoms with E-state index in [1.165, 1.54) is 0 Å². The zero-order valence-electron chi connectivity index (χ0n) is 11.3. The van der Waals surface area contributed by atoms with Gasteiger partial charge in [0.2, 0.25) is 0 Å². The molecule has 0 aromatic rings. The maximum absolute atomic E-state index is 9.60. The summed E-state index contributed by atoms with van der Waals surface area (Å²) in [7, 11) is 2.11. The van der Waals surface area contributed by atoms with E-state index in [1.54, 1.807) is 0 Å². The third-order valence-corrected chi connectivity index (χ3v) is 3.41.